The molecular weight excluding hydrogens is 324 g/mol. The number of benzene rings is 1. The minimum atomic E-state index is -0.241. The van der Waals surface area contributed by atoms with E-state index in [0.29, 0.717) is 17.2 Å². The molecule has 1 aliphatic heterocycles. The number of rotatable bonds is 1. The first-order valence-corrected chi connectivity index (χ1v) is 8.52. The van der Waals surface area contributed by atoms with E-state index in [1.807, 2.05) is 45.5 Å². The van der Waals surface area contributed by atoms with E-state index < -0.39 is 0 Å². The van der Waals surface area contributed by atoms with Crippen molar-refractivity contribution in [1.82, 2.24) is 14.4 Å². The number of H-pyrrole nitrogens is 1. The van der Waals surface area contributed by atoms with Crippen LogP contribution in [-0.4, -0.2) is 20.3 Å². The number of amides is 1. The van der Waals surface area contributed by atoms with Crippen LogP contribution in [0.15, 0.2) is 45.9 Å². The highest BCUT2D eigenvalue weighted by Crippen LogP contribution is 2.36. The predicted molar refractivity (Wildman–Crippen MR) is 92.7 cm³/mol. The second kappa shape index (κ2) is 4.78. The van der Waals surface area contributed by atoms with E-state index >= 15 is 0 Å². The molecule has 0 unspecified atom stereocenters. The predicted octanol–water partition coefficient (Wildman–Crippen LogP) is 2.71. The number of hydrogen-bond acceptors (Lipinski definition) is 4. The fraction of sp³-hybridized carbons (Fsp3) is 0.118. The van der Waals surface area contributed by atoms with E-state index in [1.54, 1.807) is 11.3 Å². The summed E-state index contributed by atoms with van der Waals surface area (Å²) in [6, 6.07) is 9.58. The van der Waals surface area contributed by atoms with E-state index in [0.717, 1.165) is 16.6 Å². The van der Waals surface area contributed by atoms with E-state index in [4.69, 9.17) is 0 Å². The second-order valence-corrected chi connectivity index (χ2v) is 6.62. The number of carbonyl (C=O) groups excluding carboxylic acids is 1. The summed E-state index contributed by atoms with van der Waals surface area (Å²) in [6.45, 7) is 0. The lowest BCUT2D eigenvalue weighted by molar-refractivity contribution is -0.116. The number of nitrogens with zero attached hydrogens (tertiary/aromatic N) is 2. The standard InChI is InChI=1S/C17H12N4O2S/c22-13-7-10(9-5-6-24-8-9)14-15(19-13)21-12-4-2-1-3-11(12)18-17(21)20-16(14)23/h1-6,8,10H,7H2,(H,19,22)(H,18,20,23)/t10-/m1/s1. The van der Waals surface area contributed by atoms with E-state index in [9.17, 15) is 9.59 Å². The molecule has 1 amide bonds. The summed E-state index contributed by atoms with van der Waals surface area (Å²) in [4.78, 5) is 32.3. The molecule has 0 spiro atoms. The minimum Gasteiger partial charge on any atom is -0.311 e. The Morgan fingerprint density at radius 2 is 2.08 bits per heavy atom. The van der Waals surface area contributed by atoms with E-state index in [-0.39, 0.29) is 23.8 Å². The van der Waals surface area contributed by atoms with Gasteiger partial charge in [0, 0.05) is 12.3 Å². The topological polar surface area (TPSA) is 79.3 Å². The summed E-state index contributed by atoms with van der Waals surface area (Å²) in [5.74, 6) is 0.624. The summed E-state index contributed by atoms with van der Waals surface area (Å²) >= 11 is 1.56. The highest BCUT2D eigenvalue weighted by Gasteiger charge is 2.32. The van der Waals surface area contributed by atoms with Gasteiger partial charge in [0.25, 0.3) is 5.56 Å². The third kappa shape index (κ3) is 1.78. The molecule has 1 aromatic carbocycles. The SMILES string of the molecule is O=C1C[C@H](c2ccsc2)c2c(n3c(nc4ccccc43)[nH]c2=O)N1. The lowest BCUT2D eigenvalue weighted by Crippen LogP contribution is -2.31. The zero-order valence-corrected chi connectivity index (χ0v) is 13.3. The van der Waals surface area contributed by atoms with Crippen LogP contribution in [0, 0.1) is 0 Å². The number of fused-ring (bicyclic) bond motifs is 5. The number of carbonyl (C=O) groups is 1. The summed E-state index contributed by atoms with van der Waals surface area (Å²) in [7, 11) is 0. The van der Waals surface area contributed by atoms with Crippen molar-refractivity contribution in [2.45, 2.75) is 12.3 Å². The molecular formula is C17H12N4O2S. The molecule has 7 heteroatoms. The molecule has 0 aliphatic carbocycles. The third-order valence-electron chi connectivity index (χ3n) is 4.45. The van der Waals surface area contributed by atoms with Gasteiger partial charge in [0.15, 0.2) is 0 Å². The minimum absolute atomic E-state index is 0.0941. The molecule has 5 rings (SSSR count). The van der Waals surface area contributed by atoms with Crippen molar-refractivity contribution in [3.63, 3.8) is 0 Å². The molecule has 1 atom stereocenters. The van der Waals surface area contributed by atoms with Gasteiger partial charge in [-0.15, -0.1) is 0 Å². The maximum absolute atomic E-state index is 12.7. The number of nitrogens with one attached hydrogen (secondary N) is 2. The fourth-order valence-corrected chi connectivity index (χ4v) is 4.12. The van der Waals surface area contributed by atoms with Gasteiger partial charge < -0.3 is 5.32 Å². The molecule has 6 nitrogen and oxygen atoms in total. The Kier molecular flexibility index (Phi) is 2.69. The molecule has 0 fully saturated rings. The monoisotopic (exact) mass is 336 g/mol. The third-order valence-corrected chi connectivity index (χ3v) is 5.15. The molecule has 118 valence electrons. The quantitative estimate of drug-likeness (QED) is 0.561. The first kappa shape index (κ1) is 13.5. The van der Waals surface area contributed by atoms with Gasteiger partial charge in [-0.25, -0.2) is 4.98 Å². The van der Waals surface area contributed by atoms with Gasteiger partial charge in [-0.3, -0.25) is 19.0 Å². The highest BCUT2D eigenvalue weighted by molar-refractivity contribution is 7.08. The maximum Gasteiger partial charge on any atom is 0.258 e. The van der Waals surface area contributed by atoms with Crippen molar-refractivity contribution in [3.05, 3.63) is 62.6 Å². The fourth-order valence-electron chi connectivity index (χ4n) is 3.41. The molecule has 0 radical (unpaired) electrons. The van der Waals surface area contributed by atoms with Crippen molar-refractivity contribution < 1.29 is 4.79 Å². The summed E-state index contributed by atoms with van der Waals surface area (Å²) < 4.78 is 1.82. The Labute approximate surface area is 139 Å². The zero-order chi connectivity index (χ0) is 16.3. The van der Waals surface area contributed by atoms with Crippen LogP contribution in [-0.2, 0) is 4.79 Å². The van der Waals surface area contributed by atoms with Crippen LogP contribution in [0.5, 0.6) is 0 Å². The molecule has 0 saturated heterocycles. The number of aromatic nitrogens is 3. The number of para-hydroxylation sites is 2. The average Bonchev–Trinajstić information content (AvgIpc) is 3.21. The molecule has 3 aromatic heterocycles. The number of anilines is 1. The molecule has 0 saturated carbocycles. The van der Waals surface area contributed by atoms with Crippen LogP contribution in [0.2, 0.25) is 0 Å². The normalized spacial score (nSPS) is 17.2. The Balaban J connectivity index is 1.92. The molecule has 24 heavy (non-hydrogen) atoms. The van der Waals surface area contributed by atoms with Crippen molar-refractivity contribution in [3.8, 4) is 0 Å². The number of imidazole rings is 1. The molecule has 0 bridgehead atoms. The van der Waals surface area contributed by atoms with Gasteiger partial charge in [0.05, 0.1) is 16.6 Å². The average molecular weight is 336 g/mol. The van der Waals surface area contributed by atoms with Gasteiger partial charge in [-0.2, -0.15) is 11.3 Å². The van der Waals surface area contributed by atoms with Crippen LogP contribution in [0.25, 0.3) is 16.8 Å². The number of hydrogen-bond donors (Lipinski definition) is 2. The molecule has 4 heterocycles. The van der Waals surface area contributed by atoms with Crippen molar-refractivity contribution in [2.75, 3.05) is 5.32 Å². The van der Waals surface area contributed by atoms with Gasteiger partial charge in [0.2, 0.25) is 11.7 Å². The lowest BCUT2D eigenvalue weighted by Gasteiger charge is -2.25. The molecule has 1 aliphatic rings. The molecule has 2 N–H and O–H groups in total. The van der Waals surface area contributed by atoms with Gasteiger partial charge >= 0.3 is 0 Å². The van der Waals surface area contributed by atoms with E-state index in [1.165, 1.54) is 0 Å². The van der Waals surface area contributed by atoms with Crippen LogP contribution >= 0.6 is 11.3 Å². The summed E-state index contributed by atoms with van der Waals surface area (Å²) in [6.07, 6.45) is 0.269. The Morgan fingerprint density at radius 1 is 1.21 bits per heavy atom. The molecule has 4 aromatic rings. The zero-order valence-electron chi connectivity index (χ0n) is 12.4. The Hall–Kier alpha value is -2.93. The summed E-state index contributed by atoms with van der Waals surface area (Å²) in [5, 5.41) is 6.83. The van der Waals surface area contributed by atoms with Crippen LogP contribution in [0.3, 0.4) is 0 Å². The first-order valence-electron chi connectivity index (χ1n) is 7.57. The van der Waals surface area contributed by atoms with Gasteiger partial charge in [0.1, 0.15) is 5.82 Å². The highest BCUT2D eigenvalue weighted by atomic mass is 32.1. The Morgan fingerprint density at radius 3 is 2.92 bits per heavy atom. The number of thiophene rings is 1. The first-order chi connectivity index (χ1) is 11.7. The Bertz CT molecular complexity index is 1160. The van der Waals surface area contributed by atoms with E-state index in [2.05, 4.69) is 15.3 Å². The lowest BCUT2D eigenvalue weighted by atomic mass is 9.88. The van der Waals surface area contributed by atoms with Crippen LogP contribution in [0.1, 0.15) is 23.5 Å². The largest absolute Gasteiger partial charge is 0.311 e. The van der Waals surface area contributed by atoms with Crippen molar-refractivity contribution in [1.29, 1.82) is 0 Å². The van der Waals surface area contributed by atoms with Crippen molar-refractivity contribution in [2.24, 2.45) is 0 Å². The van der Waals surface area contributed by atoms with Crippen molar-refractivity contribution >= 4 is 39.9 Å². The van der Waals surface area contributed by atoms with Gasteiger partial charge in [-0.1, -0.05) is 12.1 Å². The maximum atomic E-state index is 12.7. The van der Waals surface area contributed by atoms with Gasteiger partial charge in [-0.05, 0) is 34.5 Å². The smallest absolute Gasteiger partial charge is 0.258 e. The van der Waals surface area contributed by atoms with Crippen LogP contribution in [0.4, 0.5) is 5.82 Å². The summed E-state index contributed by atoms with van der Waals surface area (Å²) in [5.41, 5.74) is 3.00. The second-order valence-electron chi connectivity index (χ2n) is 5.84. The number of aromatic amines is 1. The van der Waals surface area contributed by atoms with Crippen LogP contribution < -0.4 is 10.9 Å².